The first-order chi connectivity index (χ1) is 12.6. The van der Waals surface area contributed by atoms with Crippen LogP contribution in [-0.4, -0.2) is 46.7 Å². The standard InChI is InChI=1S/C19H25N5O2/c1-12(23-9-16-15(8-20)17(16)10-23)11-26-14-4-2-13(3-5-14)24-7-6-18(21)22-19(24)25/h2-7,12,15-17H,8-11,20H2,1H3,(H2,21,22,25)/t12?,15?,16-,17+. The van der Waals surface area contributed by atoms with Crippen molar-refractivity contribution in [3.8, 4) is 11.4 Å². The Morgan fingerprint density at radius 2 is 1.92 bits per heavy atom. The van der Waals surface area contributed by atoms with Crippen molar-refractivity contribution in [2.24, 2.45) is 23.5 Å². The van der Waals surface area contributed by atoms with E-state index < -0.39 is 5.69 Å². The van der Waals surface area contributed by atoms with Crippen LogP contribution in [0.2, 0.25) is 0 Å². The topological polar surface area (TPSA) is 99.4 Å². The van der Waals surface area contributed by atoms with Crippen LogP contribution in [0.5, 0.6) is 5.75 Å². The van der Waals surface area contributed by atoms with Crippen molar-refractivity contribution in [2.75, 3.05) is 32.0 Å². The Labute approximate surface area is 152 Å². The maximum Gasteiger partial charge on any atom is 0.354 e. The second-order valence-electron chi connectivity index (χ2n) is 7.34. The number of aromatic nitrogens is 2. The molecule has 2 unspecified atom stereocenters. The number of anilines is 1. The molecule has 1 aliphatic heterocycles. The zero-order valence-corrected chi connectivity index (χ0v) is 14.9. The quantitative estimate of drug-likeness (QED) is 0.792. The predicted octanol–water partition coefficient (Wildman–Crippen LogP) is 0.719. The molecule has 7 nitrogen and oxygen atoms in total. The van der Waals surface area contributed by atoms with Gasteiger partial charge in [0, 0.05) is 25.3 Å². The molecule has 1 aliphatic carbocycles. The zero-order chi connectivity index (χ0) is 18.3. The van der Waals surface area contributed by atoms with E-state index in [1.54, 1.807) is 12.3 Å². The van der Waals surface area contributed by atoms with E-state index in [9.17, 15) is 4.79 Å². The number of nitrogens with zero attached hydrogens (tertiary/aromatic N) is 3. The van der Waals surface area contributed by atoms with Gasteiger partial charge >= 0.3 is 5.69 Å². The third kappa shape index (κ3) is 3.20. The van der Waals surface area contributed by atoms with Crippen molar-refractivity contribution in [2.45, 2.75) is 13.0 Å². The minimum absolute atomic E-state index is 0.220. The highest BCUT2D eigenvalue weighted by Gasteiger charge is 2.55. The first kappa shape index (κ1) is 17.1. The van der Waals surface area contributed by atoms with Gasteiger partial charge < -0.3 is 16.2 Å². The van der Waals surface area contributed by atoms with Crippen LogP contribution in [0.3, 0.4) is 0 Å². The molecule has 26 heavy (non-hydrogen) atoms. The van der Waals surface area contributed by atoms with E-state index >= 15 is 0 Å². The van der Waals surface area contributed by atoms with Crippen LogP contribution < -0.4 is 21.9 Å². The Morgan fingerprint density at radius 1 is 1.23 bits per heavy atom. The van der Waals surface area contributed by atoms with Gasteiger partial charge in [-0.3, -0.25) is 9.47 Å². The fourth-order valence-corrected chi connectivity index (χ4v) is 4.03. The first-order valence-corrected chi connectivity index (χ1v) is 9.09. The first-order valence-electron chi connectivity index (χ1n) is 9.09. The van der Waals surface area contributed by atoms with Crippen molar-refractivity contribution in [1.29, 1.82) is 0 Å². The molecule has 4 N–H and O–H groups in total. The molecule has 138 valence electrons. The minimum atomic E-state index is -0.393. The molecule has 2 aliphatic rings. The number of benzene rings is 1. The summed E-state index contributed by atoms with van der Waals surface area (Å²) < 4.78 is 7.39. The Morgan fingerprint density at radius 3 is 2.54 bits per heavy atom. The average molecular weight is 355 g/mol. The number of rotatable bonds is 6. The fraction of sp³-hybridized carbons (Fsp3) is 0.474. The SMILES string of the molecule is CC(COc1ccc(-n2ccc(N)nc2=O)cc1)N1C[C@@H]2C(CN)[C@@H]2C1. The van der Waals surface area contributed by atoms with Gasteiger partial charge in [0.2, 0.25) is 0 Å². The predicted molar refractivity (Wildman–Crippen MR) is 100 cm³/mol. The molecule has 1 saturated heterocycles. The van der Waals surface area contributed by atoms with E-state index in [1.165, 1.54) is 4.57 Å². The highest BCUT2D eigenvalue weighted by molar-refractivity contribution is 5.38. The van der Waals surface area contributed by atoms with Crippen molar-refractivity contribution in [3.05, 3.63) is 47.0 Å². The molecule has 2 heterocycles. The van der Waals surface area contributed by atoms with Gasteiger partial charge in [0.1, 0.15) is 18.2 Å². The summed E-state index contributed by atoms with van der Waals surface area (Å²) in [7, 11) is 0. The van der Waals surface area contributed by atoms with Gasteiger partial charge in [0.25, 0.3) is 0 Å². The largest absolute Gasteiger partial charge is 0.492 e. The fourth-order valence-electron chi connectivity index (χ4n) is 4.03. The molecule has 1 aromatic heterocycles. The second-order valence-corrected chi connectivity index (χ2v) is 7.34. The number of hydrogen-bond donors (Lipinski definition) is 2. The lowest BCUT2D eigenvalue weighted by Crippen LogP contribution is -2.38. The van der Waals surface area contributed by atoms with E-state index in [0.29, 0.717) is 12.6 Å². The molecule has 2 fully saturated rings. The number of nitrogen functional groups attached to an aromatic ring is 1. The number of piperidine rings is 1. The normalized spacial score (nSPS) is 25.7. The molecule has 0 spiro atoms. The highest BCUT2D eigenvalue weighted by Crippen LogP contribution is 2.51. The molecule has 0 amide bonds. The monoisotopic (exact) mass is 355 g/mol. The van der Waals surface area contributed by atoms with Gasteiger partial charge in [-0.15, -0.1) is 0 Å². The minimum Gasteiger partial charge on any atom is -0.492 e. The van der Waals surface area contributed by atoms with Gasteiger partial charge in [-0.2, -0.15) is 4.98 Å². The van der Waals surface area contributed by atoms with Crippen molar-refractivity contribution in [1.82, 2.24) is 14.5 Å². The summed E-state index contributed by atoms with van der Waals surface area (Å²) in [5, 5.41) is 0. The summed E-state index contributed by atoms with van der Waals surface area (Å²) in [6.45, 7) is 5.96. The number of nitrogens with two attached hydrogens (primary N) is 2. The second kappa shape index (κ2) is 6.74. The van der Waals surface area contributed by atoms with Gasteiger partial charge in [-0.25, -0.2) is 4.79 Å². The van der Waals surface area contributed by atoms with Crippen molar-refractivity contribution in [3.63, 3.8) is 0 Å². The summed E-state index contributed by atoms with van der Waals surface area (Å²) in [5.74, 6) is 3.36. The molecule has 4 atom stereocenters. The van der Waals surface area contributed by atoms with E-state index in [-0.39, 0.29) is 5.82 Å². The smallest absolute Gasteiger partial charge is 0.354 e. The third-order valence-corrected chi connectivity index (χ3v) is 5.73. The van der Waals surface area contributed by atoms with Crippen LogP contribution in [-0.2, 0) is 0 Å². The van der Waals surface area contributed by atoms with Gasteiger partial charge in [-0.1, -0.05) is 0 Å². The maximum absolute atomic E-state index is 11.9. The number of ether oxygens (including phenoxy) is 1. The Kier molecular flexibility index (Phi) is 4.42. The van der Waals surface area contributed by atoms with Crippen LogP contribution in [0.15, 0.2) is 41.3 Å². The number of likely N-dealkylation sites (tertiary alicyclic amines) is 1. The van der Waals surface area contributed by atoms with Crippen molar-refractivity contribution < 1.29 is 4.74 Å². The summed E-state index contributed by atoms with van der Waals surface area (Å²) in [5.41, 5.74) is 11.6. The van der Waals surface area contributed by atoms with E-state index in [2.05, 4.69) is 16.8 Å². The molecule has 2 aromatic rings. The van der Waals surface area contributed by atoms with Gasteiger partial charge in [0.05, 0.1) is 5.69 Å². The molecule has 1 saturated carbocycles. The van der Waals surface area contributed by atoms with Crippen LogP contribution in [0, 0.1) is 17.8 Å². The summed E-state index contributed by atoms with van der Waals surface area (Å²) >= 11 is 0. The maximum atomic E-state index is 11.9. The van der Waals surface area contributed by atoms with Crippen LogP contribution in [0.4, 0.5) is 5.82 Å². The molecular weight excluding hydrogens is 330 g/mol. The summed E-state index contributed by atoms with van der Waals surface area (Å²) in [6.07, 6.45) is 1.62. The number of hydrogen-bond acceptors (Lipinski definition) is 6. The molecule has 4 rings (SSSR count). The lowest BCUT2D eigenvalue weighted by Gasteiger charge is -2.26. The molecule has 0 radical (unpaired) electrons. The number of fused-ring (bicyclic) bond motifs is 1. The molecule has 7 heteroatoms. The van der Waals surface area contributed by atoms with Crippen LogP contribution in [0.25, 0.3) is 5.69 Å². The molecule has 0 bridgehead atoms. The molecular formula is C19H25N5O2. The zero-order valence-electron chi connectivity index (χ0n) is 14.9. The van der Waals surface area contributed by atoms with Crippen LogP contribution in [0.1, 0.15) is 6.92 Å². The van der Waals surface area contributed by atoms with Crippen LogP contribution >= 0.6 is 0 Å². The summed E-state index contributed by atoms with van der Waals surface area (Å²) in [6, 6.07) is 9.41. The summed E-state index contributed by atoms with van der Waals surface area (Å²) in [4.78, 5) is 18.1. The van der Waals surface area contributed by atoms with Crippen molar-refractivity contribution >= 4 is 5.82 Å². The van der Waals surface area contributed by atoms with E-state index in [0.717, 1.165) is 48.8 Å². The third-order valence-electron chi connectivity index (χ3n) is 5.73. The highest BCUT2D eigenvalue weighted by atomic mass is 16.5. The molecule has 1 aromatic carbocycles. The lowest BCUT2D eigenvalue weighted by atomic mass is 10.2. The Bertz CT molecular complexity index is 823. The Hall–Kier alpha value is -2.38. The average Bonchev–Trinajstić information content (AvgIpc) is 3.11. The Balaban J connectivity index is 1.33. The van der Waals surface area contributed by atoms with E-state index in [4.69, 9.17) is 16.2 Å². The lowest BCUT2D eigenvalue weighted by molar-refractivity contribution is 0.154. The van der Waals surface area contributed by atoms with Gasteiger partial charge in [0.15, 0.2) is 0 Å². The van der Waals surface area contributed by atoms with Gasteiger partial charge in [-0.05, 0) is 61.6 Å². The van der Waals surface area contributed by atoms with E-state index in [1.807, 2.05) is 24.3 Å².